The summed E-state index contributed by atoms with van der Waals surface area (Å²) in [6, 6.07) is 11.9. The maximum Gasteiger partial charge on any atom is 0.257 e. The number of anilines is 2. The predicted octanol–water partition coefficient (Wildman–Crippen LogP) is 4.68. The van der Waals surface area contributed by atoms with E-state index in [2.05, 4.69) is 20.6 Å². The van der Waals surface area contributed by atoms with Crippen molar-refractivity contribution in [3.63, 3.8) is 0 Å². The molecule has 3 aromatic rings. The van der Waals surface area contributed by atoms with Crippen molar-refractivity contribution in [1.82, 2.24) is 14.9 Å². The van der Waals surface area contributed by atoms with Crippen LogP contribution in [0, 0.1) is 31.5 Å². The minimum Gasteiger partial charge on any atom is -0.382 e. The number of aryl methyl sites for hydroxylation is 2. The highest BCUT2D eigenvalue weighted by atomic mass is 19.1. The molecule has 1 aromatic heterocycles. The van der Waals surface area contributed by atoms with Crippen LogP contribution < -0.4 is 10.6 Å². The van der Waals surface area contributed by atoms with Crippen LogP contribution in [0.4, 0.5) is 15.8 Å². The lowest BCUT2D eigenvalue weighted by Crippen LogP contribution is -2.55. The number of likely N-dealkylation sites (tertiary alicyclic amines) is 1. The Morgan fingerprint density at radius 1 is 0.952 bits per heavy atom. The van der Waals surface area contributed by atoms with Crippen LogP contribution in [0.5, 0.6) is 0 Å². The first-order valence-electron chi connectivity index (χ1n) is 14.6. The molecule has 42 heavy (non-hydrogen) atoms. The van der Waals surface area contributed by atoms with E-state index in [9.17, 15) is 9.59 Å². The lowest BCUT2D eigenvalue weighted by Gasteiger charge is -2.47. The number of hydrogen-bond acceptors (Lipinski definition) is 7. The molecule has 0 spiro atoms. The molecule has 0 unspecified atom stereocenters. The molecule has 3 fully saturated rings. The summed E-state index contributed by atoms with van der Waals surface area (Å²) < 4.78 is 26.5. The molecule has 2 amide bonds. The number of piperidine rings is 1. The Balaban J connectivity index is 1.38. The van der Waals surface area contributed by atoms with Crippen molar-refractivity contribution in [2.24, 2.45) is 11.8 Å². The highest BCUT2D eigenvalue weighted by Crippen LogP contribution is 2.45. The zero-order chi connectivity index (χ0) is 29.2. The predicted molar refractivity (Wildman–Crippen MR) is 156 cm³/mol. The van der Waals surface area contributed by atoms with E-state index in [1.165, 1.54) is 6.07 Å². The molecule has 2 N–H and O–H groups in total. The third-order valence-corrected chi connectivity index (χ3v) is 8.66. The summed E-state index contributed by atoms with van der Waals surface area (Å²) in [6.45, 7) is 5.75. The van der Waals surface area contributed by atoms with Crippen LogP contribution in [0.1, 0.15) is 52.6 Å². The van der Waals surface area contributed by atoms with Crippen LogP contribution >= 0.6 is 0 Å². The number of halogens is 1. The molecule has 0 bridgehead atoms. The fraction of sp³-hybridized carbons (Fsp3) is 0.438. The van der Waals surface area contributed by atoms with Crippen molar-refractivity contribution in [3.05, 3.63) is 83.2 Å². The van der Waals surface area contributed by atoms with Crippen LogP contribution in [0.15, 0.2) is 54.9 Å². The van der Waals surface area contributed by atoms with Crippen molar-refractivity contribution in [2.75, 3.05) is 37.1 Å². The number of aromatic nitrogens is 2. The van der Waals surface area contributed by atoms with Crippen molar-refractivity contribution in [3.8, 4) is 0 Å². The summed E-state index contributed by atoms with van der Waals surface area (Å²) in [7, 11) is 0. The fourth-order valence-corrected chi connectivity index (χ4v) is 6.47. The molecular formula is C32H36FN5O4. The Labute approximate surface area is 244 Å². The van der Waals surface area contributed by atoms with Crippen molar-refractivity contribution < 1.29 is 23.5 Å². The third kappa shape index (κ3) is 5.73. The van der Waals surface area contributed by atoms with Crippen LogP contribution in [0.25, 0.3) is 0 Å². The smallest absolute Gasteiger partial charge is 0.257 e. The van der Waals surface area contributed by atoms with E-state index in [1.54, 1.807) is 43.3 Å². The zero-order valence-corrected chi connectivity index (χ0v) is 23.9. The average molecular weight is 574 g/mol. The Morgan fingerprint density at radius 3 is 2.40 bits per heavy atom. The van der Waals surface area contributed by atoms with Gasteiger partial charge in [0.15, 0.2) is 0 Å². The van der Waals surface area contributed by atoms with E-state index in [-0.39, 0.29) is 23.4 Å². The van der Waals surface area contributed by atoms with E-state index in [0.29, 0.717) is 42.8 Å². The number of rotatable bonds is 6. The third-order valence-electron chi connectivity index (χ3n) is 8.66. The van der Waals surface area contributed by atoms with Crippen molar-refractivity contribution in [2.45, 2.75) is 51.2 Å². The minimum absolute atomic E-state index is 0.0268. The molecule has 4 heterocycles. The number of hydrogen-bond donors (Lipinski definition) is 2. The van der Waals surface area contributed by atoms with Gasteiger partial charge in [0, 0.05) is 30.9 Å². The van der Waals surface area contributed by atoms with Crippen molar-refractivity contribution in [1.29, 1.82) is 0 Å². The summed E-state index contributed by atoms with van der Waals surface area (Å²) in [6.07, 6.45) is 5.53. The van der Waals surface area contributed by atoms with Gasteiger partial charge in [0.2, 0.25) is 5.91 Å². The van der Waals surface area contributed by atoms with Crippen LogP contribution in [0.2, 0.25) is 0 Å². The molecule has 2 aromatic carbocycles. The van der Waals surface area contributed by atoms with Gasteiger partial charge in [-0.2, -0.15) is 0 Å². The molecule has 10 heteroatoms. The summed E-state index contributed by atoms with van der Waals surface area (Å²) in [5.41, 5.74) is 2.82. The molecule has 4 atom stereocenters. The van der Waals surface area contributed by atoms with Gasteiger partial charge in [-0.3, -0.25) is 9.59 Å². The molecular weight excluding hydrogens is 537 g/mol. The maximum atomic E-state index is 15.2. The number of carbonyl (C=O) groups excluding carboxylic acids is 2. The molecule has 3 aliphatic heterocycles. The number of amides is 2. The zero-order valence-electron chi connectivity index (χ0n) is 23.9. The molecule has 3 saturated heterocycles. The van der Waals surface area contributed by atoms with Gasteiger partial charge in [-0.15, -0.1) is 0 Å². The maximum absolute atomic E-state index is 15.2. The monoisotopic (exact) mass is 573 g/mol. The number of fused-ring (bicyclic) bond motifs is 1. The second-order valence-electron chi connectivity index (χ2n) is 11.5. The number of nitrogens with zero attached hydrogens (tertiary/aromatic N) is 3. The van der Waals surface area contributed by atoms with E-state index in [4.69, 9.17) is 9.47 Å². The largest absolute Gasteiger partial charge is 0.382 e. The van der Waals surface area contributed by atoms with Crippen LogP contribution in [-0.2, 0) is 14.3 Å². The SMILES string of the molecule is Cc1ncc(NC(=O)[C@H]2C[C@H]3COC[C@H]3N(C(=O)c3c(C)cccc3F)[C@H]2c2ccc(NC3CCOCC3)cc2)cn1. The minimum atomic E-state index is -0.636. The first-order chi connectivity index (χ1) is 20.4. The van der Waals surface area contributed by atoms with Gasteiger partial charge >= 0.3 is 0 Å². The standard InChI is InChI=1S/C32H36FN5O4/c1-19-4-3-5-27(33)29(19)32(40)38-28-18-42-17-22(28)14-26(31(39)37-25-15-34-20(2)35-16-25)30(38)21-6-8-23(9-7-21)36-24-10-12-41-13-11-24/h3-9,15-16,22,24,26,28,30,36H,10-14,17-18H2,1-2H3,(H,37,39)/t22-,26-,28+,30-/m0/s1. The highest BCUT2D eigenvalue weighted by molar-refractivity contribution is 5.98. The topological polar surface area (TPSA) is 106 Å². The number of benzene rings is 2. The van der Waals surface area contributed by atoms with Gasteiger partial charge in [-0.25, -0.2) is 14.4 Å². The quantitative estimate of drug-likeness (QED) is 0.441. The van der Waals surface area contributed by atoms with E-state index >= 15 is 4.39 Å². The van der Waals surface area contributed by atoms with Gasteiger partial charge in [0.25, 0.3) is 5.91 Å². The molecule has 0 saturated carbocycles. The second-order valence-corrected chi connectivity index (χ2v) is 11.5. The van der Waals surface area contributed by atoms with E-state index < -0.39 is 23.7 Å². The van der Waals surface area contributed by atoms with Gasteiger partial charge < -0.3 is 25.0 Å². The van der Waals surface area contributed by atoms with Crippen LogP contribution in [0.3, 0.4) is 0 Å². The van der Waals surface area contributed by atoms with Crippen LogP contribution in [-0.4, -0.2) is 65.2 Å². The van der Waals surface area contributed by atoms with E-state index in [0.717, 1.165) is 37.3 Å². The average Bonchev–Trinajstić information content (AvgIpc) is 3.47. The molecule has 220 valence electrons. The molecule has 6 rings (SSSR count). The van der Waals surface area contributed by atoms with Crippen molar-refractivity contribution >= 4 is 23.2 Å². The first kappa shape index (κ1) is 28.2. The van der Waals surface area contributed by atoms with Gasteiger partial charge in [0.05, 0.1) is 54.9 Å². The first-order valence-corrected chi connectivity index (χ1v) is 14.6. The Hall–Kier alpha value is -3.89. The lowest BCUT2D eigenvalue weighted by atomic mass is 9.76. The van der Waals surface area contributed by atoms with E-state index in [1.807, 2.05) is 24.3 Å². The second kappa shape index (κ2) is 12.1. The molecule has 0 radical (unpaired) electrons. The summed E-state index contributed by atoms with van der Waals surface area (Å²) >= 11 is 0. The lowest BCUT2D eigenvalue weighted by molar-refractivity contribution is -0.124. The molecule has 3 aliphatic rings. The highest BCUT2D eigenvalue weighted by Gasteiger charge is 2.51. The van der Waals surface area contributed by atoms with Gasteiger partial charge in [0.1, 0.15) is 11.6 Å². The van der Waals surface area contributed by atoms with Gasteiger partial charge in [-0.05, 0) is 62.4 Å². The number of nitrogens with one attached hydrogen (secondary N) is 2. The Kier molecular flexibility index (Phi) is 8.17. The number of ether oxygens (including phenoxy) is 2. The van der Waals surface area contributed by atoms with Gasteiger partial charge in [-0.1, -0.05) is 24.3 Å². The molecule has 9 nitrogen and oxygen atoms in total. The Bertz CT molecular complexity index is 1410. The fourth-order valence-electron chi connectivity index (χ4n) is 6.47. The molecule has 0 aliphatic carbocycles. The normalized spacial score (nSPS) is 24.2. The summed E-state index contributed by atoms with van der Waals surface area (Å²) in [4.78, 5) is 38.4. The summed E-state index contributed by atoms with van der Waals surface area (Å²) in [5.74, 6) is -1.33. The number of carbonyl (C=O) groups is 2. The Morgan fingerprint density at radius 2 is 1.69 bits per heavy atom. The summed E-state index contributed by atoms with van der Waals surface area (Å²) in [5, 5.41) is 6.54.